The maximum Gasteiger partial charge on any atom is 0.340 e. The van der Waals surface area contributed by atoms with E-state index in [1.165, 1.54) is 25.1 Å². The van der Waals surface area contributed by atoms with Crippen molar-refractivity contribution in [1.29, 1.82) is 0 Å². The number of aromatic carboxylic acids is 1. The number of amides is 1. The summed E-state index contributed by atoms with van der Waals surface area (Å²) in [5.41, 5.74) is 0.105. The molecule has 0 bridgehead atoms. The van der Waals surface area contributed by atoms with Gasteiger partial charge in [-0.05, 0) is 20.8 Å². The Morgan fingerprint density at radius 3 is 2.26 bits per heavy atom. The van der Waals surface area contributed by atoms with E-state index >= 15 is 0 Å². The van der Waals surface area contributed by atoms with Gasteiger partial charge in [0.05, 0.1) is 5.69 Å². The number of hydrogen-bond acceptors (Lipinski definition) is 7. The predicted octanol–water partition coefficient (Wildman–Crippen LogP) is 1.04. The van der Waals surface area contributed by atoms with E-state index in [-0.39, 0.29) is 59.8 Å². The van der Waals surface area contributed by atoms with Gasteiger partial charge in [-0.25, -0.2) is 18.2 Å². The van der Waals surface area contributed by atoms with E-state index in [4.69, 9.17) is 8.83 Å². The molecule has 1 saturated heterocycles. The summed E-state index contributed by atoms with van der Waals surface area (Å²) in [6, 6.07) is 0. The molecule has 1 aliphatic rings. The lowest BCUT2D eigenvalue weighted by Crippen LogP contribution is -2.50. The van der Waals surface area contributed by atoms with Gasteiger partial charge in [0.1, 0.15) is 22.0 Å². The van der Waals surface area contributed by atoms with E-state index in [1.807, 2.05) is 0 Å². The Morgan fingerprint density at radius 2 is 1.74 bits per heavy atom. The van der Waals surface area contributed by atoms with Crippen LogP contribution < -0.4 is 0 Å². The minimum absolute atomic E-state index is 0.0284. The fourth-order valence-corrected chi connectivity index (χ4v) is 4.93. The highest BCUT2D eigenvalue weighted by Gasteiger charge is 2.37. The highest BCUT2D eigenvalue weighted by atomic mass is 32.2. The number of carboxylic acid groups (broad SMARTS) is 1. The van der Waals surface area contributed by atoms with Gasteiger partial charge < -0.3 is 18.8 Å². The van der Waals surface area contributed by atoms with E-state index in [1.54, 1.807) is 6.92 Å². The first-order valence-electron chi connectivity index (χ1n) is 8.17. The van der Waals surface area contributed by atoms with Crippen LogP contribution in [0.3, 0.4) is 0 Å². The zero-order valence-electron chi connectivity index (χ0n) is 15.1. The standard InChI is InChI=1S/C16H19N3O7S/c1-9-13(25-8-17-9)15(20)18-4-6-19(7-5-18)27(23,24)14-11(3)26-10(2)12(14)16(21)22/h8H,4-7H2,1-3H3,(H,21,22). The second kappa shape index (κ2) is 6.82. The van der Waals surface area contributed by atoms with Crippen LogP contribution in [0.5, 0.6) is 0 Å². The molecule has 2 aromatic heterocycles. The van der Waals surface area contributed by atoms with Gasteiger partial charge in [0, 0.05) is 26.2 Å². The predicted molar refractivity (Wildman–Crippen MR) is 91.0 cm³/mol. The van der Waals surface area contributed by atoms with Gasteiger partial charge in [0.2, 0.25) is 15.8 Å². The summed E-state index contributed by atoms with van der Waals surface area (Å²) in [7, 11) is -4.07. The minimum Gasteiger partial charge on any atom is -0.478 e. The lowest BCUT2D eigenvalue weighted by Gasteiger charge is -2.33. The molecule has 2 aromatic rings. The van der Waals surface area contributed by atoms with Crippen molar-refractivity contribution in [3.63, 3.8) is 0 Å². The van der Waals surface area contributed by atoms with Crippen LogP contribution in [-0.4, -0.2) is 65.8 Å². The van der Waals surface area contributed by atoms with Crippen molar-refractivity contribution in [2.24, 2.45) is 0 Å². The summed E-state index contributed by atoms with van der Waals surface area (Å²) in [5, 5.41) is 9.36. The van der Waals surface area contributed by atoms with Gasteiger partial charge in [-0.1, -0.05) is 0 Å². The molecule has 10 nitrogen and oxygen atoms in total. The highest BCUT2D eigenvalue weighted by Crippen LogP contribution is 2.30. The van der Waals surface area contributed by atoms with Crippen LogP contribution in [0.4, 0.5) is 0 Å². The van der Waals surface area contributed by atoms with Gasteiger partial charge in [0.25, 0.3) is 5.91 Å². The molecule has 27 heavy (non-hydrogen) atoms. The Morgan fingerprint density at radius 1 is 1.11 bits per heavy atom. The number of aryl methyl sites for hydroxylation is 3. The SMILES string of the molecule is Cc1ncoc1C(=O)N1CCN(S(=O)(=O)c2c(C)oc(C)c2C(=O)O)CC1. The summed E-state index contributed by atoms with van der Waals surface area (Å²) in [6.45, 7) is 4.83. The minimum atomic E-state index is -4.07. The van der Waals surface area contributed by atoms with Crippen LogP contribution in [0.1, 0.15) is 38.1 Å². The third-order valence-electron chi connectivity index (χ3n) is 4.48. The second-order valence-corrected chi connectivity index (χ2v) is 8.06. The maximum absolute atomic E-state index is 13.0. The molecule has 0 radical (unpaired) electrons. The summed E-state index contributed by atoms with van der Waals surface area (Å²) in [6.07, 6.45) is 1.18. The molecular formula is C16H19N3O7S. The normalized spacial score (nSPS) is 15.9. The molecule has 1 aliphatic heterocycles. The molecule has 0 aromatic carbocycles. The van der Waals surface area contributed by atoms with E-state index in [0.29, 0.717) is 5.69 Å². The van der Waals surface area contributed by atoms with E-state index in [9.17, 15) is 23.1 Å². The molecule has 1 amide bonds. The number of aromatic nitrogens is 1. The van der Waals surface area contributed by atoms with Crippen molar-refractivity contribution < 1.29 is 31.9 Å². The highest BCUT2D eigenvalue weighted by molar-refractivity contribution is 7.89. The topological polar surface area (TPSA) is 134 Å². The molecule has 11 heteroatoms. The third-order valence-corrected chi connectivity index (χ3v) is 6.53. The average molecular weight is 397 g/mol. The second-order valence-electron chi connectivity index (χ2n) is 6.19. The Labute approximate surface area is 155 Å². The van der Waals surface area contributed by atoms with Crippen molar-refractivity contribution in [1.82, 2.24) is 14.2 Å². The lowest BCUT2D eigenvalue weighted by atomic mass is 10.2. The number of sulfonamides is 1. The Hall–Kier alpha value is -2.66. The first kappa shape index (κ1) is 19.1. The molecule has 0 spiro atoms. The van der Waals surface area contributed by atoms with Crippen LogP contribution in [0.15, 0.2) is 20.1 Å². The first-order valence-corrected chi connectivity index (χ1v) is 9.61. The van der Waals surface area contributed by atoms with E-state index < -0.39 is 16.0 Å². The molecule has 0 saturated carbocycles. The number of oxazole rings is 1. The van der Waals surface area contributed by atoms with Crippen LogP contribution in [0.2, 0.25) is 0 Å². The van der Waals surface area contributed by atoms with Crippen molar-refractivity contribution in [2.45, 2.75) is 25.7 Å². The van der Waals surface area contributed by atoms with Crippen molar-refractivity contribution in [3.05, 3.63) is 34.9 Å². The van der Waals surface area contributed by atoms with Crippen molar-refractivity contribution in [2.75, 3.05) is 26.2 Å². The average Bonchev–Trinajstić information content (AvgIpc) is 3.17. The number of piperazine rings is 1. The van der Waals surface area contributed by atoms with Crippen LogP contribution in [0.25, 0.3) is 0 Å². The number of carbonyl (C=O) groups excluding carboxylic acids is 1. The quantitative estimate of drug-likeness (QED) is 0.809. The monoisotopic (exact) mass is 397 g/mol. The molecule has 0 unspecified atom stereocenters. The number of nitrogens with zero attached hydrogens (tertiary/aromatic N) is 3. The third kappa shape index (κ3) is 3.23. The first-order chi connectivity index (χ1) is 12.6. The molecule has 3 heterocycles. The molecule has 1 N–H and O–H groups in total. The fourth-order valence-electron chi connectivity index (χ4n) is 3.13. The van der Waals surface area contributed by atoms with Gasteiger partial charge in [-0.15, -0.1) is 0 Å². The molecule has 3 rings (SSSR count). The zero-order chi connectivity index (χ0) is 19.9. The zero-order valence-corrected chi connectivity index (χ0v) is 15.9. The van der Waals surface area contributed by atoms with Crippen molar-refractivity contribution >= 4 is 21.9 Å². The summed E-state index contributed by atoms with van der Waals surface area (Å²) >= 11 is 0. The summed E-state index contributed by atoms with van der Waals surface area (Å²) < 4.78 is 37.4. The van der Waals surface area contributed by atoms with E-state index in [0.717, 1.165) is 4.31 Å². The van der Waals surface area contributed by atoms with Crippen LogP contribution in [0, 0.1) is 20.8 Å². The number of carboxylic acids is 1. The molecule has 0 atom stereocenters. The molecule has 0 aliphatic carbocycles. The Kier molecular flexibility index (Phi) is 4.82. The number of carbonyl (C=O) groups is 2. The lowest BCUT2D eigenvalue weighted by molar-refractivity contribution is 0.0664. The van der Waals surface area contributed by atoms with Gasteiger partial charge in [0.15, 0.2) is 6.39 Å². The Bertz CT molecular complexity index is 997. The number of furan rings is 1. The number of rotatable bonds is 4. The number of hydrogen-bond donors (Lipinski definition) is 1. The molecule has 146 valence electrons. The molecule has 1 fully saturated rings. The molecular weight excluding hydrogens is 378 g/mol. The van der Waals surface area contributed by atoms with E-state index in [2.05, 4.69) is 4.98 Å². The van der Waals surface area contributed by atoms with Crippen molar-refractivity contribution in [3.8, 4) is 0 Å². The fraction of sp³-hybridized carbons (Fsp3) is 0.438. The largest absolute Gasteiger partial charge is 0.478 e. The van der Waals surface area contributed by atoms with Gasteiger partial charge in [-0.3, -0.25) is 4.79 Å². The summed E-state index contributed by atoms with van der Waals surface area (Å²) in [5.74, 6) is -1.53. The maximum atomic E-state index is 13.0. The van der Waals surface area contributed by atoms with Gasteiger partial charge in [-0.2, -0.15) is 4.31 Å². The Balaban J connectivity index is 1.81. The summed E-state index contributed by atoms with van der Waals surface area (Å²) in [4.78, 5) is 28.9. The smallest absolute Gasteiger partial charge is 0.340 e. The van der Waals surface area contributed by atoms with Crippen LogP contribution >= 0.6 is 0 Å². The van der Waals surface area contributed by atoms with Gasteiger partial charge >= 0.3 is 5.97 Å². The van der Waals surface area contributed by atoms with Crippen LogP contribution in [-0.2, 0) is 10.0 Å².